The first-order valence-corrected chi connectivity index (χ1v) is 10.5. The first-order valence-electron chi connectivity index (χ1n) is 10.2. The van der Waals surface area contributed by atoms with Crippen LogP contribution in [0.15, 0.2) is 81.4 Å². The number of aromatic nitrogens is 4. The summed E-state index contributed by atoms with van der Waals surface area (Å²) in [6.07, 6.45) is 1.51. The molecule has 4 rings (SSSR count). The summed E-state index contributed by atoms with van der Waals surface area (Å²) in [5, 5.41) is 0.595. The first-order chi connectivity index (χ1) is 15.9. The Morgan fingerprint density at radius 1 is 1.03 bits per heavy atom. The fraction of sp³-hybridized carbons (Fsp3) is 0.130. The summed E-state index contributed by atoms with van der Waals surface area (Å²) in [5.74, 6) is 0.956. The minimum absolute atomic E-state index is 0.138. The van der Waals surface area contributed by atoms with E-state index in [4.69, 9.17) is 22.1 Å². The van der Waals surface area contributed by atoms with Crippen molar-refractivity contribution in [2.75, 3.05) is 5.73 Å². The largest absolute Gasteiger partial charge is 0.439 e. The van der Waals surface area contributed by atoms with Gasteiger partial charge in [0.05, 0.1) is 24.1 Å². The number of hydrogen-bond acceptors (Lipinski definition) is 6. The molecular formula is C23H21ClN6O3. The Bertz CT molecular complexity index is 1440. The highest BCUT2D eigenvalue weighted by Gasteiger charge is 2.09. The Labute approximate surface area is 193 Å². The number of benzene rings is 2. The summed E-state index contributed by atoms with van der Waals surface area (Å²) >= 11 is 5.97. The van der Waals surface area contributed by atoms with Crippen LogP contribution in [-0.2, 0) is 13.1 Å². The third-order valence-electron chi connectivity index (χ3n) is 4.80. The molecule has 3 N–H and O–H groups in total. The van der Waals surface area contributed by atoms with Gasteiger partial charge in [-0.05, 0) is 55.0 Å². The summed E-state index contributed by atoms with van der Waals surface area (Å²) in [4.78, 5) is 36.7. The van der Waals surface area contributed by atoms with Crippen LogP contribution < -0.4 is 27.5 Å². The summed E-state index contributed by atoms with van der Waals surface area (Å²) < 4.78 is 8.21. The SMILES string of the molecule is CCn1c(=O)[nH]/c(=N\c2ccc(Oc3ccc(N)cn3)cc2)n(Cc2ccc(Cl)cc2)c1=O. The van der Waals surface area contributed by atoms with Gasteiger partial charge in [-0.3, -0.25) is 9.55 Å². The van der Waals surface area contributed by atoms with Gasteiger partial charge >= 0.3 is 11.4 Å². The van der Waals surface area contributed by atoms with Gasteiger partial charge < -0.3 is 10.5 Å². The van der Waals surface area contributed by atoms with Gasteiger partial charge in [-0.1, -0.05) is 23.7 Å². The number of nitrogens with one attached hydrogen (secondary N) is 1. The summed E-state index contributed by atoms with van der Waals surface area (Å²) in [7, 11) is 0. The van der Waals surface area contributed by atoms with E-state index in [1.165, 1.54) is 10.8 Å². The van der Waals surface area contributed by atoms with Crippen LogP contribution in [0, 0.1) is 0 Å². The Kier molecular flexibility index (Phi) is 6.41. The van der Waals surface area contributed by atoms with Crippen molar-refractivity contribution in [2.24, 2.45) is 4.99 Å². The molecular weight excluding hydrogens is 444 g/mol. The molecule has 0 unspecified atom stereocenters. The second-order valence-corrected chi connectivity index (χ2v) is 7.57. The summed E-state index contributed by atoms with van der Waals surface area (Å²) in [6.45, 7) is 2.19. The zero-order chi connectivity index (χ0) is 23.4. The molecule has 0 saturated carbocycles. The molecule has 4 aromatic rings. The van der Waals surface area contributed by atoms with E-state index in [-0.39, 0.29) is 18.7 Å². The van der Waals surface area contributed by atoms with E-state index in [9.17, 15) is 9.59 Å². The molecule has 0 aliphatic rings. The van der Waals surface area contributed by atoms with Crippen LogP contribution in [0.25, 0.3) is 0 Å². The van der Waals surface area contributed by atoms with Gasteiger partial charge in [0.25, 0.3) is 0 Å². The molecule has 2 aromatic heterocycles. The lowest BCUT2D eigenvalue weighted by molar-refractivity contribution is 0.463. The van der Waals surface area contributed by atoms with Crippen LogP contribution in [0.2, 0.25) is 5.02 Å². The van der Waals surface area contributed by atoms with E-state index in [2.05, 4.69) is 15.0 Å². The van der Waals surface area contributed by atoms with Gasteiger partial charge in [-0.2, -0.15) is 0 Å². The van der Waals surface area contributed by atoms with E-state index in [0.717, 1.165) is 10.1 Å². The maximum Gasteiger partial charge on any atom is 0.335 e. The molecule has 2 aromatic carbocycles. The lowest BCUT2D eigenvalue weighted by atomic mass is 10.2. The topological polar surface area (TPSA) is 120 Å². The number of aromatic amines is 1. The number of anilines is 1. The molecule has 0 atom stereocenters. The number of hydrogen-bond donors (Lipinski definition) is 2. The molecule has 0 spiro atoms. The minimum atomic E-state index is -0.525. The number of pyridine rings is 1. The van der Waals surface area contributed by atoms with Gasteiger partial charge in [0.1, 0.15) is 5.75 Å². The quantitative estimate of drug-likeness (QED) is 0.454. The Balaban J connectivity index is 1.70. The molecule has 0 fully saturated rings. The molecule has 10 heteroatoms. The average molecular weight is 465 g/mol. The van der Waals surface area contributed by atoms with Gasteiger partial charge in [-0.25, -0.2) is 24.1 Å². The summed E-state index contributed by atoms with van der Waals surface area (Å²) in [6, 6.07) is 17.3. The molecule has 2 heterocycles. The second-order valence-electron chi connectivity index (χ2n) is 7.13. The predicted molar refractivity (Wildman–Crippen MR) is 126 cm³/mol. The number of nitrogen functional groups attached to an aromatic ring is 1. The zero-order valence-corrected chi connectivity index (χ0v) is 18.5. The summed E-state index contributed by atoms with van der Waals surface area (Å²) in [5.41, 5.74) is 6.70. The van der Waals surface area contributed by atoms with Crippen molar-refractivity contribution in [3.8, 4) is 11.6 Å². The van der Waals surface area contributed by atoms with Gasteiger partial charge in [0.2, 0.25) is 11.5 Å². The van der Waals surface area contributed by atoms with Crippen molar-refractivity contribution < 1.29 is 4.74 Å². The highest BCUT2D eigenvalue weighted by atomic mass is 35.5. The zero-order valence-electron chi connectivity index (χ0n) is 17.7. The van der Waals surface area contributed by atoms with Crippen molar-refractivity contribution in [2.45, 2.75) is 20.0 Å². The van der Waals surface area contributed by atoms with E-state index in [1.807, 2.05) is 12.1 Å². The van der Waals surface area contributed by atoms with Crippen molar-refractivity contribution >= 4 is 23.0 Å². The number of nitrogens with two attached hydrogens (primary N) is 1. The van der Waals surface area contributed by atoms with Crippen molar-refractivity contribution in [1.82, 2.24) is 19.1 Å². The highest BCUT2D eigenvalue weighted by Crippen LogP contribution is 2.22. The molecule has 0 aliphatic carbocycles. The molecule has 0 radical (unpaired) electrons. The van der Waals surface area contributed by atoms with Crippen LogP contribution in [0.1, 0.15) is 12.5 Å². The third kappa shape index (κ3) is 5.21. The average Bonchev–Trinajstić information content (AvgIpc) is 2.81. The monoisotopic (exact) mass is 464 g/mol. The molecule has 0 aliphatic heterocycles. The number of ether oxygens (including phenoxy) is 1. The molecule has 0 amide bonds. The molecule has 0 bridgehead atoms. The van der Waals surface area contributed by atoms with Crippen LogP contribution in [0.3, 0.4) is 0 Å². The molecule has 0 saturated heterocycles. The van der Waals surface area contributed by atoms with Gasteiger partial charge in [-0.15, -0.1) is 0 Å². The lowest BCUT2D eigenvalue weighted by Crippen LogP contribution is -2.49. The highest BCUT2D eigenvalue weighted by molar-refractivity contribution is 6.30. The van der Waals surface area contributed by atoms with Gasteiger partial charge in [0, 0.05) is 17.6 Å². The smallest absolute Gasteiger partial charge is 0.335 e. The second kappa shape index (κ2) is 9.58. The van der Waals surface area contributed by atoms with E-state index in [0.29, 0.717) is 28.0 Å². The number of nitrogens with zero attached hydrogens (tertiary/aromatic N) is 4. The molecule has 33 heavy (non-hydrogen) atoms. The third-order valence-corrected chi connectivity index (χ3v) is 5.06. The first kappa shape index (κ1) is 22.1. The van der Waals surface area contributed by atoms with Crippen LogP contribution >= 0.6 is 11.6 Å². The Morgan fingerprint density at radius 3 is 2.39 bits per heavy atom. The predicted octanol–water partition coefficient (Wildman–Crippen LogP) is 3.06. The van der Waals surface area contributed by atoms with E-state index in [1.54, 1.807) is 55.5 Å². The normalized spacial score (nSPS) is 11.5. The Morgan fingerprint density at radius 2 is 1.76 bits per heavy atom. The minimum Gasteiger partial charge on any atom is -0.439 e. The fourth-order valence-corrected chi connectivity index (χ4v) is 3.25. The van der Waals surface area contributed by atoms with Crippen molar-refractivity contribution in [3.05, 3.63) is 104 Å². The fourth-order valence-electron chi connectivity index (χ4n) is 3.12. The standard InChI is InChI=1S/C23H21ClN6O3/c1-2-29-22(31)28-21(30(23(29)32)14-15-3-5-16(24)6-4-15)27-18-8-10-19(11-9-18)33-20-12-7-17(25)13-26-20/h3-13H,2,14,25H2,1H3,(H,27,28,31). The maximum atomic E-state index is 13.0. The van der Waals surface area contributed by atoms with Crippen molar-refractivity contribution in [3.63, 3.8) is 0 Å². The molecule has 168 valence electrons. The van der Waals surface area contributed by atoms with Crippen LogP contribution in [0.4, 0.5) is 11.4 Å². The van der Waals surface area contributed by atoms with Crippen LogP contribution in [-0.4, -0.2) is 19.1 Å². The van der Waals surface area contributed by atoms with E-state index < -0.39 is 11.4 Å². The number of H-pyrrole nitrogens is 1. The molecule has 9 nitrogen and oxygen atoms in total. The van der Waals surface area contributed by atoms with Gasteiger partial charge in [0.15, 0.2) is 0 Å². The maximum absolute atomic E-state index is 13.0. The Hall–Kier alpha value is -4.11. The number of rotatable bonds is 6. The van der Waals surface area contributed by atoms with Crippen molar-refractivity contribution in [1.29, 1.82) is 0 Å². The van der Waals surface area contributed by atoms with E-state index >= 15 is 0 Å². The van der Waals surface area contributed by atoms with Crippen LogP contribution in [0.5, 0.6) is 11.6 Å². The number of halogens is 1. The lowest BCUT2D eigenvalue weighted by Gasteiger charge is -2.10.